The first-order valence-corrected chi connectivity index (χ1v) is 6.94. The fraction of sp³-hybridized carbons (Fsp3) is 0.643. The minimum absolute atomic E-state index is 0.275. The zero-order valence-corrected chi connectivity index (χ0v) is 11.7. The molecule has 0 unspecified atom stereocenters. The van der Waals surface area contributed by atoms with Crippen LogP contribution in [0.3, 0.4) is 0 Å². The summed E-state index contributed by atoms with van der Waals surface area (Å²) in [5.41, 5.74) is 2.08. The summed E-state index contributed by atoms with van der Waals surface area (Å²) in [5, 5.41) is 0. The number of furan rings is 1. The van der Waals surface area contributed by atoms with Crippen molar-refractivity contribution in [3.05, 3.63) is 23.7 Å². The third kappa shape index (κ3) is 4.08. The van der Waals surface area contributed by atoms with E-state index in [-0.39, 0.29) is 11.7 Å². The molecular weight excluding hydrogens is 242 g/mol. The Morgan fingerprint density at radius 3 is 2.84 bits per heavy atom. The van der Waals surface area contributed by atoms with Gasteiger partial charge >= 0.3 is 5.91 Å². The van der Waals surface area contributed by atoms with Gasteiger partial charge in [-0.3, -0.25) is 15.1 Å². The molecule has 0 spiro atoms. The number of nitrogens with two attached hydrogens (primary N) is 1. The lowest BCUT2D eigenvalue weighted by Gasteiger charge is -2.21. The normalized spacial score (nSPS) is 15.2. The lowest BCUT2D eigenvalue weighted by Crippen LogP contribution is -2.29. The number of carbonyl (C=O) groups excluding carboxylic acids is 1. The van der Waals surface area contributed by atoms with Gasteiger partial charge < -0.3 is 4.42 Å². The van der Waals surface area contributed by atoms with Gasteiger partial charge in [-0.05, 0) is 43.9 Å². The highest BCUT2D eigenvalue weighted by atomic mass is 16.4. The molecule has 1 fully saturated rings. The molecule has 1 aliphatic rings. The minimum Gasteiger partial charge on any atom is -0.455 e. The second-order valence-corrected chi connectivity index (χ2v) is 5.62. The first kappa shape index (κ1) is 14.1. The fourth-order valence-electron chi connectivity index (χ4n) is 2.11. The molecule has 1 saturated carbocycles. The molecule has 0 radical (unpaired) electrons. The smallest absolute Gasteiger partial charge is 0.300 e. The van der Waals surface area contributed by atoms with E-state index >= 15 is 0 Å². The second-order valence-electron chi connectivity index (χ2n) is 5.62. The first-order chi connectivity index (χ1) is 9.10. The average molecular weight is 265 g/mol. The van der Waals surface area contributed by atoms with Gasteiger partial charge in [-0.2, -0.15) is 0 Å². The standard InChI is InChI=1S/C14H23N3O2/c1-10(2)7-8-17(11-3-4-11)9-12-5-6-13(19-12)14(18)16-15/h5-6,10-11H,3-4,7-9,15H2,1-2H3,(H,16,18). The summed E-state index contributed by atoms with van der Waals surface area (Å²) in [6, 6.07) is 4.22. The van der Waals surface area contributed by atoms with Crippen LogP contribution in [-0.2, 0) is 6.54 Å². The van der Waals surface area contributed by atoms with Crippen LogP contribution in [0.5, 0.6) is 0 Å². The van der Waals surface area contributed by atoms with E-state index in [4.69, 9.17) is 10.3 Å². The monoisotopic (exact) mass is 265 g/mol. The summed E-state index contributed by atoms with van der Waals surface area (Å²) < 4.78 is 5.52. The second kappa shape index (κ2) is 6.21. The largest absolute Gasteiger partial charge is 0.455 e. The molecule has 0 bridgehead atoms. The third-order valence-corrected chi connectivity index (χ3v) is 3.43. The Kier molecular flexibility index (Phi) is 4.61. The molecule has 1 amide bonds. The Labute approximate surface area is 114 Å². The minimum atomic E-state index is -0.383. The third-order valence-electron chi connectivity index (χ3n) is 3.43. The number of nitrogens with zero attached hydrogens (tertiary/aromatic N) is 1. The number of amides is 1. The Bertz CT molecular complexity index is 424. The van der Waals surface area contributed by atoms with E-state index in [0.29, 0.717) is 12.0 Å². The highest BCUT2D eigenvalue weighted by Gasteiger charge is 2.29. The van der Waals surface area contributed by atoms with Crippen LogP contribution in [0.1, 0.15) is 49.4 Å². The highest BCUT2D eigenvalue weighted by Crippen LogP contribution is 2.29. The van der Waals surface area contributed by atoms with Crippen LogP contribution in [-0.4, -0.2) is 23.4 Å². The molecule has 1 aromatic rings. The summed E-state index contributed by atoms with van der Waals surface area (Å²) in [7, 11) is 0. The van der Waals surface area contributed by atoms with Crippen LogP contribution in [0.2, 0.25) is 0 Å². The molecule has 2 rings (SSSR count). The molecule has 3 N–H and O–H groups in total. The predicted molar refractivity (Wildman–Crippen MR) is 73.2 cm³/mol. The molecular formula is C14H23N3O2. The lowest BCUT2D eigenvalue weighted by atomic mass is 10.1. The Hall–Kier alpha value is -1.33. The molecule has 1 aliphatic carbocycles. The van der Waals surface area contributed by atoms with Crippen molar-refractivity contribution in [1.29, 1.82) is 0 Å². The van der Waals surface area contributed by atoms with E-state index in [0.717, 1.165) is 18.8 Å². The van der Waals surface area contributed by atoms with Gasteiger partial charge in [0.25, 0.3) is 0 Å². The van der Waals surface area contributed by atoms with Gasteiger partial charge in [0.15, 0.2) is 5.76 Å². The number of nitrogens with one attached hydrogen (secondary N) is 1. The number of carbonyl (C=O) groups is 1. The highest BCUT2D eigenvalue weighted by molar-refractivity contribution is 5.90. The Balaban J connectivity index is 1.93. The summed E-state index contributed by atoms with van der Waals surface area (Å²) in [5.74, 6) is 6.51. The van der Waals surface area contributed by atoms with Gasteiger partial charge in [0.1, 0.15) is 5.76 Å². The van der Waals surface area contributed by atoms with E-state index in [9.17, 15) is 4.79 Å². The van der Waals surface area contributed by atoms with Crippen molar-refractivity contribution >= 4 is 5.91 Å². The molecule has 0 aromatic carbocycles. The lowest BCUT2D eigenvalue weighted by molar-refractivity contribution is 0.0921. The van der Waals surface area contributed by atoms with Gasteiger partial charge in [0.2, 0.25) is 0 Å². The summed E-state index contributed by atoms with van der Waals surface area (Å²) in [6.45, 7) is 6.33. The maximum atomic E-state index is 11.3. The maximum Gasteiger partial charge on any atom is 0.300 e. The average Bonchev–Trinajstić information content (AvgIpc) is 3.13. The molecule has 0 aliphatic heterocycles. The number of rotatable bonds is 7. The fourth-order valence-corrected chi connectivity index (χ4v) is 2.11. The number of nitrogen functional groups attached to an aromatic ring is 1. The van der Waals surface area contributed by atoms with E-state index < -0.39 is 0 Å². The van der Waals surface area contributed by atoms with Crippen molar-refractivity contribution in [2.24, 2.45) is 11.8 Å². The van der Waals surface area contributed by atoms with Gasteiger partial charge in [-0.1, -0.05) is 13.8 Å². The van der Waals surface area contributed by atoms with Crippen LogP contribution >= 0.6 is 0 Å². The zero-order valence-electron chi connectivity index (χ0n) is 11.7. The molecule has 0 atom stereocenters. The maximum absolute atomic E-state index is 11.3. The van der Waals surface area contributed by atoms with Crippen LogP contribution in [0.25, 0.3) is 0 Å². The summed E-state index contributed by atoms with van der Waals surface area (Å²) >= 11 is 0. The van der Waals surface area contributed by atoms with Crippen molar-refractivity contribution in [3.8, 4) is 0 Å². The molecule has 1 aromatic heterocycles. The van der Waals surface area contributed by atoms with Gasteiger partial charge in [0.05, 0.1) is 6.54 Å². The van der Waals surface area contributed by atoms with Gasteiger partial charge in [0, 0.05) is 6.04 Å². The van der Waals surface area contributed by atoms with Crippen LogP contribution in [0.15, 0.2) is 16.5 Å². The molecule has 19 heavy (non-hydrogen) atoms. The van der Waals surface area contributed by atoms with Crippen molar-refractivity contribution in [3.63, 3.8) is 0 Å². The Morgan fingerprint density at radius 1 is 1.53 bits per heavy atom. The topological polar surface area (TPSA) is 71.5 Å². The summed E-state index contributed by atoms with van der Waals surface area (Å²) in [6.07, 6.45) is 3.73. The van der Waals surface area contributed by atoms with Crippen LogP contribution in [0, 0.1) is 5.92 Å². The first-order valence-electron chi connectivity index (χ1n) is 6.94. The SMILES string of the molecule is CC(C)CCN(Cc1ccc(C(=O)NN)o1)C1CC1. The van der Waals surface area contributed by atoms with Gasteiger partial charge in [-0.15, -0.1) is 0 Å². The van der Waals surface area contributed by atoms with Crippen molar-refractivity contribution in [2.45, 2.75) is 45.7 Å². The number of hydrogen-bond donors (Lipinski definition) is 2. The van der Waals surface area contributed by atoms with E-state index in [2.05, 4.69) is 24.2 Å². The zero-order chi connectivity index (χ0) is 13.8. The van der Waals surface area contributed by atoms with Crippen molar-refractivity contribution in [2.75, 3.05) is 6.54 Å². The molecule has 0 saturated heterocycles. The van der Waals surface area contributed by atoms with E-state index in [1.54, 1.807) is 6.07 Å². The van der Waals surface area contributed by atoms with Crippen LogP contribution < -0.4 is 11.3 Å². The van der Waals surface area contributed by atoms with Crippen molar-refractivity contribution in [1.82, 2.24) is 10.3 Å². The van der Waals surface area contributed by atoms with Crippen molar-refractivity contribution < 1.29 is 9.21 Å². The molecule has 5 nitrogen and oxygen atoms in total. The van der Waals surface area contributed by atoms with E-state index in [1.807, 2.05) is 6.07 Å². The molecule has 1 heterocycles. The van der Waals surface area contributed by atoms with Gasteiger partial charge in [-0.25, -0.2) is 5.84 Å². The predicted octanol–water partition coefficient (Wildman–Crippen LogP) is 1.89. The molecule has 106 valence electrons. The van der Waals surface area contributed by atoms with E-state index in [1.165, 1.54) is 19.3 Å². The quantitative estimate of drug-likeness (QED) is 0.449. The number of hydrazine groups is 1. The number of hydrogen-bond acceptors (Lipinski definition) is 4. The van der Waals surface area contributed by atoms with Crippen LogP contribution in [0.4, 0.5) is 0 Å². The molecule has 5 heteroatoms. The summed E-state index contributed by atoms with van der Waals surface area (Å²) in [4.78, 5) is 13.8. The Morgan fingerprint density at radius 2 is 2.26 bits per heavy atom.